The minimum absolute atomic E-state index is 0.0277. The quantitative estimate of drug-likeness (QED) is 0.698. The van der Waals surface area contributed by atoms with Crippen LogP contribution in [0.5, 0.6) is 0 Å². The first kappa shape index (κ1) is 13.3. The van der Waals surface area contributed by atoms with Gasteiger partial charge in [-0.2, -0.15) is 0 Å². The first-order valence-electron chi connectivity index (χ1n) is 5.71. The number of hydrogen-bond donors (Lipinski definition) is 2. The lowest BCUT2D eigenvalue weighted by molar-refractivity contribution is -0.133. The SMILES string of the molecule is O=C(O)CSc1ncc(-c2cc3cc(Br)ccc3o2)[nH]1. The van der Waals surface area contributed by atoms with E-state index in [2.05, 4.69) is 25.9 Å². The Morgan fingerprint density at radius 2 is 2.30 bits per heavy atom. The van der Waals surface area contributed by atoms with Crippen molar-refractivity contribution in [3.8, 4) is 11.5 Å². The Kier molecular flexibility index (Phi) is 3.54. The van der Waals surface area contributed by atoms with Crippen LogP contribution in [0.15, 0.2) is 44.5 Å². The summed E-state index contributed by atoms with van der Waals surface area (Å²) < 4.78 is 6.72. The Labute approximate surface area is 126 Å². The number of rotatable bonds is 4. The first-order valence-corrected chi connectivity index (χ1v) is 7.49. The van der Waals surface area contributed by atoms with Gasteiger partial charge in [-0.15, -0.1) is 0 Å². The maximum absolute atomic E-state index is 10.5. The number of fused-ring (bicyclic) bond motifs is 1. The van der Waals surface area contributed by atoms with Crippen molar-refractivity contribution in [2.45, 2.75) is 5.16 Å². The number of carbonyl (C=O) groups is 1. The van der Waals surface area contributed by atoms with E-state index in [1.54, 1.807) is 6.20 Å². The van der Waals surface area contributed by atoms with Gasteiger partial charge in [0.05, 0.1) is 11.9 Å². The standard InChI is InChI=1S/C13H9BrN2O3S/c14-8-1-2-10-7(3-8)4-11(19-10)9-5-15-13(16-9)20-6-12(17)18/h1-5H,6H2,(H,15,16)(H,17,18). The molecule has 0 amide bonds. The van der Waals surface area contributed by atoms with Crippen LogP contribution in [0.4, 0.5) is 0 Å². The van der Waals surface area contributed by atoms with Crippen molar-refractivity contribution in [3.05, 3.63) is 34.9 Å². The van der Waals surface area contributed by atoms with Crippen LogP contribution in [0.1, 0.15) is 0 Å². The number of carboxylic acid groups (broad SMARTS) is 1. The van der Waals surface area contributed by atoms with E-state index >= 15 is 0 Å². The highest BCUT2D eigenvalue weighted by Crippen LogP contribution is 2.29. The molecule has 0 aliphatic rings. The second kappa shape index (κ2) is 5.34. The summed E-state index contributed by atoms with van der Waals surface area (Å²) in [6.45, 7) is 0. The molecule has 0 aliphatic heterocycles. The number of aromatic nitrogens is 2. The monoisotopic (exact) mass is 352 g/mol. The Hall–Kier alpha value is -1.73. The Morgan fingerprint density at radius 1 is 1.45 bits per heavy atom. The number of aliphatic carboxylic acids is 1. The van der Waals surface area contributed by atoms with Crippen molar-refractivity contribution in [3.63, 3.8) is 0 Å². The van der Waals surface area contributed by atoms with E-state index in [0.29, 0.717) is 10.9 Å². The molecule has 2 heterocycles. The van der Waals surface area contributed by atoms with Crippen LogP contribution in [-0.2, 0) is 4.79 Å². The second-order valence-electron chi connectivity index (χ2n) is 4.08. The van der Waals surface area contributed by atoms with E-state index < -0.39 is 5.97 Å². The van der Waals surface area contributed by atoms with Gasteiger partial charge in [-0.05, 0) is 24.3 Å². The molecule has 0 fully saturated rings. The molecule has 0 bridgehead atoms. The molecule has 0 aliphatic carbocycles. The summed E-state index contributed by atoms with van der Waals surface area (Å²) in [4.78, 5) is 17.7. The number of thioether (sulfide) groups is 1. The minimum atomic E-state index is -0.874. The number of nitrogens with one attached hydrogen (secondary N) is 1. The lowest BCUT2D eigenvalue weighted by atomic mass is 10.2. The molecule has 0 saturated heterocycles. The largest absolute Gasteiger partial charge is 0.481 e. The molecule has 0 saturated carbocycles. The van der Waals surface area contributed by atoms with E-state index in [0.717, 1.165) is 32.9 Å². The Balaban J connectivity index is 1.89. The zero-order valence-electron chi connectivity index (χ0n) is 10.1. The summed E-state index contributed by atoms with van der Waals surface area (Å²) in [5.74, 6) is -0.227. The summed E-state index contributed by atoms with van der Waals surface area (Å²) in [5, 5.41) is 10.2. The van der Waals surface area contributed by atoms with Crippen LogP contribution < -0.4 is 0 Å². The zero-order valence-corrected chi connectivity index (χ0v) is 12.5. The van der Waals surface area contributed by atoms with Crippen molar-refractivity contribution >= 4 is 44.6 Å². The average Bonchev–Trinajstić information content (AvgIpc) is 3.01. The fraction of sp³-hybridized carbons (Fsp3) is 0.0769. The lowest BCUT2D eigenvalue weighted by Crippen LogP contribution is -1.97. The van der Waals surface area contributed by atoms with Gasteiger partial charge in [-0.25, -0.2) is 4.98 Å². The fourth-order valence-electron chi connectivity index (χ4n) is 1.78. The van der Waals surface area contributed by atoms with Gasteiger partial charge in [-0.1, -0.05) is 27.7 Å². The number of nitrogens with zero attached hydrogens (tertiary/aromatic N) is 1. The molecule has 3 rings (SSSR count). The summed E-state index contributed by atoms with van der Waals surface area (Å²) in [7, 11) is 0. The topological polar surface area (TPSA) is 79.1 Å². The third-order valence-corrected chi connectivity index (χ3v) is 3.99. The van der Waals surface area contributed by atoms with Gasteiger partial charge in [-0.3, -0.25) is 4.79 Å². The lowest BCUT2D eigenvalue weighted by Gasteiger charge is -1.92. The van der Waals surface area contributed by atoms with Crippen LogP contribution in [0, 0.1) is 0 Å². The molecule has 5 nitrogen and oxygen atoms in total. The van der Waals surface area contributed by atoms with Crippen LogP contribution in [0.2, 0.25) is 0 Å². The van der Waals surface area contributed by atoms with Gasteiger partial charge in [0.15, 0.2) is 10.9 Å². The van der Waals surface area contributed by atoms with E-state index in [1.165, 1.54) is 0 Å². The number of benzene rings is 1. The predicted octanol–water partition coefficient (Wildman–Crippen LogP) is 3.76. The molecule has 1 aromatic carbocycles. The van der Waals surface area contributed by atoms with Gasteiger partial charge in [0.1, 0.15) is 11.3 Å². The number of hydrogen-bond acceptors (Lipinski definition) is 4. The van der Waals surface area contributed by atoms with Gasteiger partial charge >= 0.3 is 5.97 Å². The normalized spacial score (nSPS) is 11.1. The zero-order chi connectivity index (χ0) is 14.1. The van der Waals surface area contributed by atoms with Crippen molar-refractivity contribution in [2.75, 3.05) is 5.75 Å². The van der Waals surface area contributed by atoms with E-state index in [-0.39, 0.29) is 5.75 Å². The van der Waals surface area contributed by atoms with Gasteiger partial charge < -0.3 is 14.5 Å². The highest BCUT2D eigenvalue weighted by molar-refractivity contribution is 9.10. The molecule has 0 radical (unpaired) electrons. The van der Waals surface area contributed by atoms with Crippen LogP contribution in [0.3, 0.4) is 0 Å². The smallest absolute Gasteiger partial charge is 0.313 e. The van der Waals surface area contributed by atoms with Crippen molar-refractivity contribution in [1.29, 1.82) is 0 Å². The van der Waals surface area contributed by atoms with E-state index in [4.69, 9.17) is 9.52 Å². The van der Waals surface area contributed by atoms with Gasteiger partial charge in [0.2, 0.25) is 0 Å². The Morgan fingerprint density at radius 3 is 3.10 bits per heavy atom. The fourth-order valence-corrected chi connectivity index (χ4v) is 2.73. The molecular formula is C13H9BrN2O3S. The van der Waals surface area contributed by atoms with Crippen LogP contribution in [0.25, 0.3) is 22.4 Å². The number of H-pyrrole nitrogens is 1. The Bertz CT molecular complexity index is 781. The molecule has 102 valence electrons. The molecular weight excluding hydrogens is 344 g/mol. The average molecular weight is 353 g/mol. The number of halogens is 1. The highest BCUT2D eigenvalue weighted by Gasteiger charge is 2.10. The van der Waals surface area contributed by atoms with Crippen molar-refractivity contribution < 1.29 is 14.3 Å². The van der Waals surface area contributed by atoms with Gasteiger partial charge in [0.25, 0.3) is 0 Å². The highest BCUT2D eigenvalue weighted by atomic mass is 79.9. The molecule has 3 aromatic rings. The number of imidazole rings is 1. The first-order chi connectivity index (χ1) is 9.61. The molecule has 0 atom stereocenters. The molecule has 0 spiro atoms. The van der Waals surface area contributed by atoms with Crippen molar-refractivity contribution in [2.24, 2.45) is 0 Å². The molecule has 2 N–H and O–H groups in total. The summed E-state index contributed by atoms with van der Waals surface area (Å²) in [6, 6.07) is 7.69. The number of furan rings is 1. The second-order valence-corrected chi connectivity index (χ2v) is 5.96. The molecule has 2 aromatic heterocycles. The molecule has 0 unspecified atom stereocenters. The van der Waals surface area contributed by atoms with E-state index in [9.17, 15) is 4.79 Å². The molecule has 7 heteroatoms. The molecule has 20 heavy (non-hydrogen) atoms. The minimum Gasteiger partial charge on any atom is -0.481 e. The maximum Gasteiger partial charge on any atom is 0.313 e. The van der Waals surface area contributed by atoms with Gasteiger partial charge in [0, 0.05) is 9.86 Å². The van der Waals surface area contributed by atoms with Crippen LogP contribution in [-0.4, -0.2) is 26.8 Å². The van der Waals surface area contributed by atoms with Crippen molar-refractivity contribution in [1.82, 2.24) is 9.97 Å². The maximum atomic E-state index is 10.5. The summed E-state index contributed by atoms with van der Waals surface area (Å²) in [6.07, 6.45) is 1.64. The third-order valence-electron chi connectivity index (χ3n) is 2.63. The number of aromatic amines is 1. The predicted molar refractivity (Wildman–Crippen MR) is 79.9 cm³/mol. The number of carboxylic acids is 1. The summed E-state index contributed by atoms with van der Waals surface area (Å²) >= 11 is 4.55. The van der Waals surface area contributed by atoms with E-state index in [1.807, 2.05) is 24.3 Å². The third kappa shape index (κ3) is 2.73. The summed E-state index contributed by atoms with van der Waals surface area (Å²) in [5.41, 5.74) is 1.52. The van der Waals surface area contributed by atoms with Crippen LogP contribution >= 0.6 is 27.7 Å².